The predicted molar refractivity (Wildman–Crippen MR) is 423 cm³/mol. The molecule has 0 spiro atoms. The van der Waals surface area contributed by atoms with E-state index in [-0.39, 0.29) is 109 Å². The average Bonchev–Trinajstić information content (AvgIpc) is 0.774. The van der Waals surface area contributed by atoms with E-state index in [0.29, 0.717) is 0 Å². The minimum Gasteiger partial charge on any atom is -0.459 e. The molecule has 35 heteroatoms. The maximum atomic E-state index is 15.2. The van der Waals surface area contributed by atoms with Crippen molar-refractivity contribution in [3.8, 4) is 0 Å². The summed E-state index contributed by atoms with van der Waals surface area (Å²) >= 11 is 0. The summed E-state index contributed by atoms with van der Waals surface area (Å²) in [6.45, 7) is 32.3. The first-order valence-electron chi connectivity index (χ1n) is 41.7. The zero-order valence-corrected chi connectivity index (χ0v) is 74.3. The van der Waals surface area contributed by atoms with Gasteiger partial charge < -0.3 is 141 Å². The molecule has 35 nitrogen and oxygen atoms in total. The number of carbonyl (C=O) groups is 3. The van der Waals surface area contributed by atoms with E-state index in [1.807, 2.05) is 0 Å². The van der Waals surface area contributed by atoms with Gasteiger partial charge in [-0.25, -0.2) is 0 Å². The van der Waals surface area contributed by atoms with Gasteiger partial charge in [-0.05, 0) is 129 Å². The van der Waals surface area contributed by atoms with Crippen molar-refractivity contribution in [1.29, 1.82) is 0 Å². The molecule has 117 heavy (non-hydrogen) atoms. The number of rotatable bonds is 28. The smallest absolute Gasteiger partial charge is 0.311 e. The Kier molecular flexibility index (Phi) is 38.2. The summed E-state index contributed by atoms with van der Waals surface area (Å²) in [6, 6.07) is -1.95. The number of likely N-dealkylation sites (N-methyl/N-ethyl adjacent to an activating group) is 2. The molecule has 6 fully saturated rings. The van der Waals surface area contributed by atoms with Crippen LogP contribution < -0.4 is 0 Å². The molecule has 0 bridgehead atoms. The Bertz CT molecular complexity index is 3120. The lowest BCUT2D eigenvalue weighted by Gasteiger charge is -2.49. The number of carbonyl (C=O) groups excluding carboxylic acids is 3. The zero-order chi connectivity index (χ0) is 88.1. The Labute approximate surface area is 692 Å². The van der Waals surface area contributed by atoms with Gasteiger partial charge in [-0.15, -0.1) is 0 Å². The molecule has 0 aromatic heterocycles. The molecule has 36 atom stereocenters. The van der Waals surface area contributed by atoms with E-state index in [1.54, 1.807) is 123 Å². The normalized spacial score (nSPS) is 45.6. The highest BCUT2D eigenvalue weighted by atomic mass is 16.8. The van der Waals surface area contributed by atoms with Crippen LogP contribution in [-0.2, 0) is 99.8 Å². The summed E-state index contributed by atoms with van der Waals surface area (Å²) in [5.74, 6) is -10.6. The molecule has 0 aromatic carbocycles. The van der Waals surface area contributed by atoms with E-state index in [4.69, 9.17) is 85.5 Å². The number of methoxy groups -OCH3 is 4. The van der Waals surface area contributed by atoms with E-state index in [9.17, 15) is 60.7 Å². The van der Waals surface area contributed by atoms with Crippen molar-refractivity contribution in [3.05, 3.63) is 0 Å². The fraction of sp³-hybridized carbons (Fsp3) is 0.939. The highest BCUT2D eigenvalue weighted by Crippen LogP contribution is 2.45. The number of aliphatic hydroxyl groups is 10. The third-order valence-electron chi connectivity index (χ3n) is 25.7. The van der Waals surface area contributed by atoms with E-state index < -0.39 is 234 Å². The molecule has 0 radical (unpaired) electrons. The van der Waals surface area contributed by atoms with Crippen molar-refractivity contribution in [2.75, 3.05) is 89.1 Å². The van der Waals surface area contributed by atoms with Gasteiger partial charge in [0.15, 0.2) is 25.2 Å². The molecule has 0 saturated carbocycles. The number of esters is 2. The summed E-state index contributed by atoms with van der Waals surface area (Å²) in [5, 5.41) is 133. The molecule has 682 valence electrons. The molecule has 6 heterocycles. The topological polar surface area (TPSA) is 451 Å². The van der Waals surface area contributed by atoms with Crippen molar-refractivity contribution in [2.45, 2.75) is 358 Å². The van der Waals surface area contributed by atoms with Crippen molar-refractivity contribution < 1.29 is 151 Å². The number of oxime groups is 2. The van der Waals surface area contributed by atoms with Crippen LogP contribution in [-0.4, -0.2) is 348 Å². The number of amides is 1. The first-order valence-corrected chi connectivity index (χ1v) is 41.7. The van der Waals surface area contributed by atoms with Crippen LogP contribution in [0.3, 0.4) is 0 Å². The Morgan fingerprint density at radius 3 is 1.20 bits per heavy atom. The molecule has 6 saturated heterocycles. The lowest BCUT2D eigenvalue weighted by atomic mass is 9.73. The summed E-state index contributed by atoms with van der Waals surface area (Å²) in [7, 11) is 9.07. The second-order valence-corrected chi connectivity index (χ2v) is 35.5. The van der Waals surface area contributed by atoms with Crippen LogP contribution in [0.4, 0.5) is 0 Å². The molecule has 6 aliphatic rings. The minimum absolute atomic E-state index is 0.0314. The quantitative estimate of drug-likeness (QED) is 0.0231. The molecule has 6 aliphatic heterocycles. The minimum atomic E-state index is -2.10. The molecule has 1 amide bonds. The number of aliphatic hydroxyl groups excluding tert-OH is 6. The maximum absolute atomic E-state index is 15.2. The van der Waals surface area contributed by atoms with Crippen LogP contribution in [0.5, 0.6) is 0 Å². The number of cyclic esters (lactones) is 2. The Morgan fingerprint density at radius 2 is 0.846 bits per heavy atom. The number of hydrogen-bond donors (Lipinski definition) is 10. The average molecular weight is 1690 g/mol. The summed E-state index contributed by atoms with van der Waals surface area (Å²) in [5.41, 5.74) is -10.3. The maximum Gasteiger partial charge on any atom is 0.311 e. The van der Waals surface area contributed by atoms with Crippen LogP contribution in [0.2, 0.25) is 0 Å². The van der Waals surface area contributed by atoms with Crippen molar-refractivity contribution >= 4 is 29.3 Å². The first-order chi connectivity index (χ1) is 54.5. The van der Waals surface area contributed by atoms with Crippen molar-refractivity contribution in [1.82, 2.24) is 9.80 Å². The van der Waals surface area contributed by atoms with Gasteiger partial charge in [0.25, 0.3) is 0 Å². The van der Waals surface area contributed by atoms with E-state index in [1.165, 1.54) is 68.1 Å². The van der Waals surface area contributed by atoms with Crippen LogP contribution in [0.25, 0.3) is 0 Å². The van der Waals surface area contributed by atoms with Gasteiger partial charge in [0.2, 0.25) is 19.5 Å². The molecular weight excluding hydrogens is 1540 g/mol. The lowest BCUT2D eigenvalue weighted by molar-refractivity contribution is -0.318. The third kappa shape index (κ3) is 24.9. The SMILES string of the molecule is CC[C@H]1OC(=O)[C@H](C)[C@@H](O[C@H]2C[C@@](C)(OC)[C@@H](O)[C@H](C)O2)[C@H](C)[C@@H](O[C@@H]2O[C@H](C)C[C@H](N(C)CC(=O)N(C)[C@H]3C[C@@H](C)O[C@@H](O[C@@H]4[C@@H](C)[C@H](O[C@H]5C[C@@](C)(OC)[C@@H](O)[C@H](C)O5)[C@@H](C)C(=O)O[C@H](CC)[C@@](C)(O)[C@H](O)[C@@H](C)/C(=N/OCOCCOC)[C@H](C)C[C@@]4(C)O)[C@@H]3O)[C@H]2O)[C@](C)(O)C[C@@H](C)/C(=N/OCOCCOC)[C@H](C)[C@@H](O)[C@]1(C)O. The van der Waals surface area contributed by atoms with Gasteiger partial charge in [0.05, 0.1) is 146 Å². The second kappa shape index (κ2) is 43.8. The van der Waals surface area contributed by atoms with Gasteiger partial charge >= 0.3 is 11.9 Å². The Hall–Kier alpha value is -3.65. The fourth-order valence-electron chi connectivity index (χ4n) is 18.3. The zero-order valence-electron chi connectivity index (χ0n) is 74.3. The van der Waals surface area contributed by atoms with Crippen molar-refractivity contribution in [2.24, 2.45) is 57.7 Å². The Balaban J connectivity index is 1.38. The monoisotopic (exact) mass is 1690 g/mol. The predicted octanol–water partition coefficient (Wildman–Crippen LogP) is 3.70. The van der Waals surface area contributed by atoms with Crippen LogP contribution in [0.15, 0.2) is 10.3 Å². The Morgan fingerprint density at radius 1 is 0.487 bits per heavy atom. The van der Waals surface area contributed by atoms with E-state index in [2.05, 4.69) is 10.3 Å². The first kappa shape index (κ1) is 102. The molecular formula is C82H148N4O31. The molecule has 0 aromatic rings. The highest BCUT2D eigenvalue weighted by Gasteiger charge is 2.58. The second-order valence-electron chi connectivity index (χ2n) is 35.5. The lowest BCUT2D eigenvalue weighted by Crippen LogP contribution is -2.63. The van der Waals surface area contributed by atoms with Gasteiger partial charge in [-0.1, -0.05) is 65.7 Å². The van der Waals surface area contributed by atoms with Crippen LogP contribution >= 0.6 is 0 Å². The van der Waals surface area contributed by atoms with E-state index in [0.717, 1.165) is 0 Å². The summed E-state index contributed by atoms with van der Waals surface area (Å²) in [4.78, 5) is 59.4. The van der Waals surface area contributed by atoms with Crippen molar-refractivity contribution in [3.63, 3.8) is 0 Å². The third-order valence-corrected chi connectivity index (χ3v) is 25.7. The van der Waals surface area contributed by atoms with Gasteiger partial charge in [-0.2, -0.15) is 0 Å². The summed E-state index contributed by atoms with van der Waals surface area (Å²) in [6.07, 6.45) is -25.7. The molecule has 10 N–H and O–H groups in total. The highest BCUT2D eigenvalue weighted by molar-refractivity contribution is 5.89. The number of ether oxygens (including phenoxy) is 16. The molecule has 0 aliphatic carbocycles. The largest absolute Gasteiger partial charge is 0.459 e. The van der Waals surface area contributed by atoms with Gasteiger partial charge in [0.1, 0.15) is 47.8 Å². The standard InChI is InChI=1S/C82H148N4O31/c1-27-56-81(19,98)67(90)46(7)61(83-106-40-104-31-29-100-23)42(3)35-77(15,96)71(48(9)65(50(11)73(94)112-56)114-59-37-79(17,102-25)69(92)52(13)110-59)116-75-63(88)54(33-44(5)108-75)85(21)39-58(87)86(22)55-34-45(6)109-76(64(55)89)117-72-49(10)66(115-60-38-80(18,103-26)70(93)53(14)111-60)51(12)74(95)113-57(28-2)82(20,99)68(91)47(8)62(43(4)36-78(72,16)97)84-107-41-105-32-30-101-24/h42-57,59-60,63-72,75-76,88-93,96-99H,27-41H2,1-26H3/b83-61-,84-62+/t42-,43-,44-,45-,46+,47+,48+,49+,50-,51-,52+,53+,54+,55+,56-,57-,59+,60+,63-,64-,65+,66+,67-,68-,69+,70+,71-,72-,75+,76+,77-,78-,79-,80-,81-,82-/m1/s1. The summed E-state index contributed by atoms with van der Waals surface area (Å²) < 4.78 is 98.9. The molecule has 0 unspecified atom stereocenters. The van der Waals surface area contributed by atoms with Crippen LogP contribution in [0.1, 0.15) is 190 Å². The fourth-order valence-corrected chi connectivity index (χ4v) is 18.3. The number of nitrogens with zero attached hydrogens (tertiary/aromatic N) is 4. The molecule has 6 rings (SSSR count). The van der Waals surface area contributed by atoms with Crippen LogP contribution in [0, 0.1) is 47.3 Å². The van der Waals surface area contributed by atoms with Gasteiger partial charge in [-0.3, -0.25) is 19.3 Å². The van der Waals surface area contributed by atoms with E-state index >= 15 is 4.79 Å². The van der Waals surface area contributed by atoms with Gasteiger partial charge in [0, 0.05) is 89.9 Å². The number of hydrogen-bond acceptors (Lipinski definition) is 34.